The Balaban J connectivity index is 0.829. The van der Waals surface area contributed by atoms with Crippen LogP contribution in [0.5, 0.6) is 5.75 Å². The molecule has 1 unspecified atom stereocenters. The molecule has 0 spiro atoms. The number of para-hydroxylation sites is 1. The Bertz CT molecular complexity index is 2230. The van der Waals surface area contributed by atoms with Crippen molar-refractivity contribution in [2.24, 2.45) is 0 Å². The maximum absolute atomic E-state index is 13.2. The van der Waals surface area contributed by atoms with Crippen molar-refractivity contribution in [3.05, 3.63) is 96.4 Å². The summed E-state index contributed by atoms with van der Waals surface area (Å²) in [6, 6.07) is 21.4. The second-order valence-electron chi connectivity index (χ2n) is 14.2. The molecule has 6 rings (SSSR count). The van der Waals surface area contributed by atoms with Gasteiger partial charge in [0.25, 0.3) is 17.7 Å². The fraction of sp³-hybridized carbons (Fsp3) is 0.341. The molecule has 13 nitrogen and oxygen atoms in total. The van der Waals surface area contributed by atoms with Gasteiger partial charge in [-0.1, -0.05) is 75.8 Å². The smallest absolute Gasteiger partial charge is 0.266 e. The van der Waals surface area contributed by atoms with Gasteiger partial charge in [-0.05, 0) is 62.6 Å². The maximum Gasteiger partial charge on any atom is 0.266 e. The number of aromatic amines is 1. The summed E-state index contributed by atoms with van der Waals surface area (Å²) in [6.07, 6.45) is 11.6. The van der Waals surface area contributed by atoms with Crippen LogP contribution in [0.3, 0.4) is 0 Å². The molecule has 5 aromatic rings. The lowest BCUT2D eigenvalue weighted by Gasteiger charge is -2.23. The van der Waals surface area contributed by atoms with Crippen LogP contribution < -0.4 is 20.7 Å². The number of H-pyrrole nitrogens is 1. The number of benzene rings is 3. The number of hydrogen-bond donors (Lipinski definition) is 4. The van der Waals surface area contributed by atoms with E-state index >= 15 is 0 Å². The minimum Gasteiger partial charge on any atom is -0.483 e. The van der Waals surface area contributed by atoms with Crippen LogP contribution in [-0.2, 0) is 14.4 Å². The molecular weight excluding hydrogens is 723 g/mol. The van der Waals surface area contributed by atoms with Crippen molar-refractivity contribution in [3.63, 3.8) is 0 Å². The number of ether oxygens (including phenoxy) is 1. The molecule has 3 aromatic carbocycles. The first-order chi connectivity index (χ1) is 27.7. The number of carbonyl (C=O) groups is 5. The molecule has 4 amide bonds. The molecule has 0 bridgehead atoms. The SMILES string of the molecule is CCCC(C(C)=O)N1C(=O)c2cccc(OCC(=O)NCCCCCCCCCC(=O)Nc3cccc(Nc4cc(-c5c[nH]c6ccccc56)ncn4)c3)c2C1=O. The van der Waals surface area contributed by atoms with Gasteiger partial charge >= 0.3 is 0 Å². The van der Waals surface area contributed by atoms with Crippen molar-refractivity contribution in [3.8, 4) is 17.0 Å². The molecule has 0 saturated heterocycles. The van der Waals surface area contributed by atoms with E-state index < -0.39 is 17.9 Å². The van der Waals surface area contributed by atoms with E-state index in [9.17, 15) is 24.0 Å². The highest BCUT2D eigenvalue weighted by Gasteiger charge is 2.43. The number of unbranched alkanes of at least 4 members (excludes halogenated alkanes) is 6. The second kappa shape index (κ2) is 19.5. The van der Waals surface area contributed by atoms with Gasteiger partial charge in [-0.15, -0.1) is 0 Å². The fourth-order valence-electron chi connectivity index (χ4n) is 7.08. The summed E-state index contributed by atoms with van der Waals surface area (Å²) in [4.78, 5) is 76.7. The molecule has 13 heteroatoms. The monoisotopic (exact) mass is 771 g/mol. The number of anilines is 3. The lowest BCUT2D eigenvalue weighted by molar-refractivity contribution is -0.123. The number of imide groups is 1. The average Bonchev–Trinajstić information content (AvgIpc) is 3.75. The molecular formula is C44H49N7O6. The third-order valence-electron chi connectivity index (χ3n) is 9.96. The zero-order chi connectivity index (χ0) is 40.1. The third kappa shape index (κ3) is 10.3. The lowest BCUT2D eigenvalue weighted by Crippen LogP contribution is -2.44. The Hall–Kier alpha value is -6.37. The summed E-state index contributed by atoms with van der Waals surface area (Å²) in [7, 11) is 0. The van der Waals surface area contributed by atoms with Crippen molar-refractivity contribution in [2.45, 2.75) is 84.1 Å². The molecule has 4 N–H and O–H groups in total. The number of carbonyl (C=O) groups excluding carboxylic acids is 5. The van der Waals surface area contributed by atoms with Gasteiger partial charge in [-0.3, -0.25) is 28.9 Å². The molecule has 0 radical (unpaired) electrons. The predicted molar refractivity (Wildman–Crippen MR) is 219 cm³/mol. The number of amides is 4. The summed E-state index contributed by atoms with van der Waals surface area (Å²) in [6.45, 7) is 3.47. The predicted octanol–water partition coefficient (Wildman–Crippen LogP) is 7.98. The summed E-state index contributed by atoms with van der Waals surface area (Å²) < 4.78 is 5.68. The van der Waals surface area contributed by atoms with Crippen LogP contribution >= 0.6 is 0 Å². The van der Waals surface area contributed by atoms with Crippen LogP contribution in [0, 0.1) is 0 Å². The highest BCUT2D eigenvalue weighted by Crippen LogP contribution is 2.33. The number of rotatable bonds is 21. The molecule has 0 fully saturated rings. The van der Waals surface area contributed by atoms with Gasteiger partial charge in [0.1, 0.15) is 17.9 Å². The summed E-state index contributed by atoms with van der Waals surface area (Å²) >= 11 is 0. The highest BCUT2D eigenvalue weighted by atomic mass is 16.5. The molecule has 1 aliphatic heterocycles. The first-order valence-electron chi connectivity index (χ1n) is 19.7. The standard InChI is InChI=1S/C44H49N7O6/c1-3-15-37(29(2)52)51-43(55)33-19-14-21-38(42(33)44(51)56)57-27-41(54)45-23-12-8-6-4-5-7-9-22-40(53)50-31-17-13-16-30(24-31)49-39-25-36(47-28-48-39)34-26-46-35-20-11-10-18-32(34)35/h10-11,13-14,16-21,24-26,28,37,46H,3-9,12,15,22-23,27H2,1-2H3,(H,45,54)(H,50,53)(H,47,48,49). The second-order valence-corrected chi connectivity index (χ2v) is 14.2. The number of fused-ring (bicyclic) bond motifs is 2. The largest absolute Gasteiger partial charge is 0.483 e. The molecule has 0 saturated carbocycles. The Morgan fingerprint density at radius 1 is 0.807 bits per heavy atom. The maximum atomic E-state index is 13.2. The molecule has 1 atom stereocenters. The van der Waals surface area contributed by atoms with E-state index in [1.807, 2.05) is 61.7 Å². The van der Waals surface area contributed by atoms with Gasteiger partial charge in [-0.2, -0.15) is 0 Å². The van der Waals surface area contributed by atoms with Gasteiger partial charge in [0.2, 0.25) is 5.91 Å². The van der Waals surface area contributed by atoms with E-state index in [2.05, 4.69) is 37.0 Å². The Morgan fingerprint density at radius 2 is 1.56 bits per heavy atom. The molecule has 1 aliphatic rings. The number of nitrogens with zero attached hydrogens (tertiary/aromatic N) is 3. The number of nitrogens with one attached hydrogen (secondary N) is 4. The molecule has 296 valence electrons. The van der Waals surface area contributed by atoms with Crippen LogP contribution in [0.4, 0.5) is 17.2 Å². The van der Waals surface area contributed by atoms with Crippen LogP contribution in [-0.4, -0.2) is 68.5 Å². The fourth-order valence-corrected chi connectivity index (χ4v) is 7.08. The van der Waals surface area contributed by atoms with Crippen LogP contribution in [0.15, 0.2) is 85.3 Å². The number of aromatic nitrogens is 3. The van der Waals surface area contributed by atoms with E-state index in [1.165, 1.54) is 19.3 Å². The number of Topliss-reactive ketones (excluding diaryl/α,β-unsaturated/α-hetero) is 1. The molecule has 57 heavy (non-hydrogen) atoms. The van der Waals surface area contributed by atoms with Crippen LogP contribution in [0.1, 0.15) is 98.8 Å². The van der Waals surface area contributed by atoms with Gasteiger partial charge in [0, 0.05) is 53.1 Å². The minimum atomic E-state index is -0.825. The van der Waals surface area contributed by atoms with Crippen molar-refractivity contribution in [1.82, 2.24) is 25.2 Å². The zero-order valence-corrected chi connectivity index (χ0v) is 32.4. The summed E-state index contributed by atoms with van der Waals surface area (Å²) in [5.74, 6) is -0.894. The van der Waals surface area contributed by atoms with E-state index in [1.54, 1.807) is 12.1 Å². The average molecular weight is 772 g/mol. The summed E-state index contributed by atoms with van der Waals surface area (Å²) in [5.41, 5.74) is 4.62. The van der Waals surface area contributed by atoms with E-state index in [4.69, 9.17) is 4.74 Å². The normalized spacial score (nSPS) is 12.7. The van der Waals surface area contributed by atoms with Gasteiger partial charge in [0.15, 0.2) is 12.4 Å². The van der Waals surface area contributed by atoms with E-state index in [0.717, 1.165) is 77.7 Å². The van der Waals surface area contributed by atoms with Crippen molar-refractivity contribution < 1.29 is 28.7 Å². The molecule has 2 aromatic heterocycles. The van der Waals surface area contributed by atoms with Gasteiger partial charge in [-0.25, -0.2) is 9.97 Å². The summed E-state index contributed by atoms with van der Waals surface area (Å²) in [5, 5.41) is 10.3. The van der Waals surface area contributed by atoms with E-state index in [-0.39, 0.29) is 41.1 Å². The number of ketones is 1. The molecule has 3 heterocycles. The Labute approximate surface area is 332 Å². The topological polar surface area (TPSA) is 175 Å². The van der Waals surface area contributed by atoms with Crippen LogP contribution in [0.25, 0.3) is 22.2 Å². The van der Waals surface area contributed by atoms with E-state index in [0.29, 0.717) is 37.3 Å². The first-order valence-corrected chi connectivity index (χ1v) is 19.7. The highest BCUT2D eigenvalue weighted by molar-refractivity contribution is 6.24. The van der Waals surface area contributed by atoms with Crippen LogP contribution in [0.2, 0.25) is 0 Å². The Morgan fingerprint density at radius 3 is 2.37 bits per heavy atom. The first kappa shape index (κ1) is 40.3. The number of hydrogen-bond acceptors (Lipinski definition) is 9. The zero-order valence-electron chi connectivity index (χ0n) is 32.4. The third-order valence-corrected chi connectivity index (χ3v) is 9.96. The lowest BCUT2D eigenvalue weighted by atomic mass is 10.1. The van der Waals surface area contributed by atoms with Crippen molar-refractivity contribution in [1.29, 1.82) is 0 Å². The quantitative estimate of drug-likeness (QED) is 0.0426. The van der Waals surface area contributed by atoms with Gasteiger partial charge < -0.3 is 25.7 Å². The van der Waals surface area contributed by atoms with Gasteiger partial charge in [0.05, 0.1) is 22.9 Å². The van der Waals surface area contributed by atoms with Crippen molar-refractivity contribution in [2.75, 3.05) is 23.8 Å². The Kier molecular flexibility index (Phi) is 13.8. The van der Waals surface area contributed by atoms with Crippen molar-refractivity contribution >= 4 is 57.5 Å². The molecule has 0 aliphatic carbocycles. The minimum absolute atomic E-state index is 0.0252.